The smallest absolute Gasteiger partial charge is 0.0807 e. The van der Waals surface area contributed by atoms with Gasteiger partial charge in [-0.05, 0) is 30.9 Å². The zero-order valence-electron chi connectivity index (χ0n) is 10.8. The second-order valence-electron chi connectivity index (χ2n) is 5.01. The highest BCUT2D eigenvalue weighted by Crippen LogP contribution is 2.32. The van der Waals surface area contributed by atoms with Crippen molar-refractivity contribution in [2.45, 2.75) is 31.9 Å². The van der Waals surface area contributed by atoms with Gasteiger partial charge in [-0.15, -0.1) is 0 Å². The molecule has 0 saturated carbocycles. The molecule has 0 spiro atoms. The molecule has 3 N–H and O–H groups in total. The van der Waals surface area contributed by atoms with Crippen LogP contribution in [0.15, 0.2) is 36.4 Å². The zero-order chi connectivity index (χ0) is 13.2. The Hall–Kier alpha value is -1.71. The van der Waals surface area contributed by atoms with Crippen molar-refractivity contribution in [1.29, 1.82) is 0 Å². The van der Waals surface area contributed by atoms with E-state index >= 15 is 0 Å². The number of fused-ring (bicyclic) bond motifs is 1. The van der Waals surface area contributed by atoms with Crippen molar-refractivity contribution in [2.24, 2.45) is 5.73 Å². The Balaban J connectivity index is 2.15. The van der Waals surface area contributed by atoms with E-state index in [4.69, 9.17) is 10.7 Å². The topological polar surface area (TPSA) is 59.1 Å². The number of pyridine rings is 1. The van der Waals surface area contributed by atoms with E-state index in [1.807, 2.05) is 36.4 Å². The molecule has 3 nitrogen and oxygen atoms in total. The maximum Gasteiger partial charge on any atom is 0.0807 e. The van der Waals surface area contributed by atoms with E-state index in [-0.39, 0.29) is 6.10 Å². The molecule has 0 amide bonds. The number of aliphatic hydroxyl groups excluding tert-OH is 1. The molecule has 1 heterocycles. The molecule has 98 valence electrons. The fourth-order valence-electron chi connectivity index (χ4n) is 2.72. The summed E-state index contributed by atoms with van der Waals surface area (Å²) >= 11 is 0. The molecular formula is C16H18N2O. The summed E-state index contributed by atoms with van der Waals surface area (Å²) < 4.78 is 0. The van der Waals surface area contributed by atoms with Gasteiger partial charge in [0, 0.05) is 23.4 Å². The predicted molar refractivity (Wildman–Crippen MR) is 75.5 cm³/mol. The number of hydrogen-bond acceptors (Lipinski definition) is 3. The number of aromatic nitrogens is 1. The van der Waals surface area contributed by atoms with E-state index in [0.29, 0.717) is 6.54 Å². The molecule has 0 fully saturated rings. The summed E-state index contributed by atoms with van der Waals surface area (Å²) in [7, 11) is 0. The third-order valence-corrected chi connectivity index (χ3v) is 3.73. The Labute approximate surface area is 113 Å². The fourth-order valence-corrected chi connectivity index (χ4v) is 2.72. The van der Waals surface area contributed by atoms with Crippen molar-refractivity contribution in [2.75, 3.05) is 0 Å². The normalized spacial score (nSPS) is 18.1. The highest BCUT2D eigenvalue weighted by Gasteiger charge is 2.21. The standard InChI is InChI=1S/C16H18N2O/c17-10-12-9-13-14(7-4-8-15(13)19)18-16(12)11-5-2-1-3-6-11/h1-3,5-6,9,15,19H,4,7-8,10,17H2. The Morgan fingerprint density at radius 1 is 1.26 bits per heavy atom. The van der Waals surface area contributed by atoms with E-state index in [1.165, 1.54) is 0 Å². The third kappa shape index (κ3) is 2.27. The summed E-state index contributed by atoms with van der Waals surface area (Å²) in [6.07, 6.45) is 2.38. The number of rotatable bonds is 2. The fraction of sp³-hybridized carbons (Fsp3) is 0.312. The SMILES string of the molecule is NCc1cc2c(nc1-c1ccccc1)CCCC2O. The average molecular weight is 254 g/mol. The van der Waals surface area contributed by atoms with Gasteiger partial charge in [-0.3, -0.25) is 4.98 Å². The van der Waals surface area contributed by atoms with Crippen LogP contribution in [0, 0.1) is 0 Å². The predicted octanol–water partition coefficient (Wildman–Crippen LogP) is 2.58. The van der Waals surface area contributed by atoms with Gasteiger partial charge in [-0.25, -0.2) is 0 Å². The summed E-state index contributed by atoms with van der Waals surface area (Å²) in [5, 5.41) is 10.1. The van der Waals surface area contributed by atoms with Crippen LogP contribution in [-0.2, 0) is 13.0 Å². The first kappa shape index (κ1) is 12.3. The molecule has 1 aliphatic rings. The summed E-state index contributed by atoms with van der Waals surface area (Å²) in [5.74, 6) is 0. The number of hydrogen-bond donors (Lipinski definition) is 2. The Morgan fingerprint density at radius 2 is 2.05 bits per heavy atom. The van der Waals surface area contributed by atoms with Crippen LogP contribution < -0.4 is 5.73 Å². The first-order chi connectivity index (χ1) is 9.29. The molecule has 1 aromatic carbocycles. The summed E-state index contributed by atoms with van der Waals surface area (Å²) in [5.41, 5.74) is 10.9. The summed E-state index contributed by atoms with van der Waals surface area (Å²) in [4.78, 5) is 4.76. The van der Waals surface area contributed by atoms with Gasteiger partial charge in [0.2, 0.25) is 0 Å². The van der Waals surface area contributed by atoms with Crippen LogP contribution in [0.4, 0.5) is 0 Å². The van der Waals surface area contributed by atoms with Crippen LogP contribution in [0.3, 0.4) is 0 Å². The van der Waals surface area contributed by atoms with Crippen molar-refractivity contribution in [3.63, 3.8) is 0 Å². The first-order valence-corrected chi connectivity index (χ1v) is 6.76. The molecule has 1 aromatic heterocycles. The van der Waals surface area contributed by atoms with Crippen molar-refractivity contribution < 1.29 is 5.11 Å². The molecule has 3 rings (SSSR count). The molecule has 2 aromatic rings. The average Bonchev–Trinajstić information content (AvgIpc) is 2.47. The minimum atomic E-state index is -0.383. The molecule has 0 radical (unpaired) electrons. The van der Waals surface area contributed by atoms with Gasteiger partial charge < -0.3 is 10.8 Å². The van der Waals surface area contributed by atoms with Crippen LogP contribution in [0.5, 0.6) is 0 Å². The maximum absolute atomic E-state index is 10.1. The van der Waals surface area contributed by atoms with Crippen molar-refractivity contribution in [3.8, 4) is 11.3 Å². The molecule has 1 unspecified atom stereocenters. The van der Waals surface area contributed by atoms with E-state index in [0.717, 1.165) is 47.3 Å². The second kappa shape index (κ2) is 5.11. The highest BCUT2D eigenvalue weighted by atomic mass is 16.3. The van der Waals surface area contributed by atoms with Gasteiger partial charge in [0.15, 0.2) is 0 Å². The van der Waals surface area contributed by atoms with Gasteiger partial charge in [0.05, 0.1) is 11.8 Å². The lowest BCUT2D eigenvalue weighted by Crippen LogP contribution is -2.14. The number of nitrogens with two attached hydrogens (primary N) is 1. The van der Waals surface area contributed by atoms with Gasteiger partial charge in [0.1, 0.15) is 0 Å². The van der Waals surface area contributed by atoms with E-state index in [1.54, 1.807) is 0 Å². The summed E-state index contributed by atoms with van der Waals surface area (Å²) in [6.45, 7) is 0.442. The Kier molecular flexibility index (Phi) is 3.32. The van der Waals surface area contributed by atoms with E-state index in [2.05, 4.69) is 0 Å². The van der Waals surface area contributed by atoms with Crippen LogP contribution >= 0.6 is 0 Å². The van der Waals surface area contributed by atoms with Crippen molar-refractivity contribution in [3.05, 3.63) is 53.2 Å². The highest BCUT2D eigenvalue weighted by molar-refractivity contribution is 5.64. The number of benzene rings is 1. The molecule has 19 heavy (non-hydrogen) atoms. The van der Waals surface area contributed by atoms with E-state index < -0.39 is 0 Å². The minimum absolute atomic E-state index is 0.383. The summed E-state index contributed by atoms with van der Waals surface area (Å²) in [6, 6.07) is 12.1. The van der Waals surface area contributed by atoms with Crippen LogP contribution in [-0.4, -0.2) is 10.1 Å². The van der Waals surface area contributed by atoms with E-state index in [9.17, 15) is 5.11 Å². The molecule has 0 bridgehead atoms. The minimum Gasteiger partial charge on any atom is -0.388 e. The van der Waals surface area contributed by atoms with Gasteiger partial charge >= 0.3 is 0 Å². The molecule has 3 heteroatoms. The van der Waals surface area contributed by atoms with Crippen LogP contribution in [0.2, 0.25) is 0 Å². The van der Waals surface area contributed by atoms with Crippen LogP contribution in [0.25, 0.3) is 11.3 Å². The number of nitrogens with zero attached hydrogens (tertiary/aromatic N) is 1. The molecule has 0 aliphatic heterocycles. The third-order valence-electron chi connectivity index (χ3n) is 3.73. The number of aryl methyl sites for hydroxylation is 1. The second-order valence-corrected chi connectivity index (χ2v) is 5.01. The molecule has 0 saturated heterocycles. The lowest BCUT2D eigenvalue weighted by molar-refractivity contribution is 0.155. The van der Waals surface area contributed by atoms with Gasteiger partial charge in [-0.2, -0.15) is 0 Å². The first-order valence-electron chi connectivity index (χ1n) is 6.76. The molecular weight excluding hydrogens is 236 g/mol. The number of aliphatic hydroxyl groups is 1. The van der Waals surface area contributed by atoms with Crippen molar-refractivity contribution >= 4 is 0 Å². The van der Waals surface area contributed by atoms with Gasteiger partial charge in [0.25, 0.3) is 0 Å². The zero-order valence-corrected chi connectivity index (χ0v) is 10.8. The quantitative estimate of drug-likeness (QED) is 0.866. The Morgan fingerprint density at radius 3 is 2.79 bits per heavy atom. The van der Waals surface area contributed by atoms with Crippen molar-refractivity contribution in [1.82, 2.24) is 4.98 Å². The maximum atomic E-state index is 10.1. The molecule has 1 aliphatic carbocycles. The largest absolute Gasteiger partial charge is 0.388 e. The lowest BCUT2D eigenvalue weighted by atomic mass is 9.90. The Bertz CT molecular complexity index is 581. The van der Waals surface area contributed by atoms with Gasteiger partial charge in [-0.1, -0.05) is 30.3 Å². The lowest BCUT2D eigenvalue weighted by Gasteiger charge is -2.22. The van der Waals surface area contributed by atoms with Crippen LogP contribution in [0.1, 0.15) is 35.8 Å². The monoisotopic (exact) mass is 254 g/mol. The molecule has 1 atom stereocenters.